The summed E-state index contributed by atoms with van der Waals surface area (Å²) in [5, 5.41) is 6.72. The summed E-state index contributed by atoms with van der Waals surface area (Å²) in [6.45, 7) is 8.37. The highest BCUT2D eigenvalue weighted by Crippen LogP contribution is 2.14. The van der Waals surface area contributed by atoms with Gasteiger partial charge in [-0.1, -0.05) is 42.5 Å². The number of guanidine groups is 1. The van der Waals surface area contributed by atoms with Crippen molar-refractivity contribution < 1.29 is 14.2 Å². The second kappa shape index (κ2) is 16.7. The third kappa shape index (κ3) is 11.2. The molecule has 1 atom stereocenters. The van der Waals surface area contributed by atoms with Crippen molar-refractivity contribution in [3.8, 4) is 5.75 Å². The maximum Gasteiger partial charge on any atom is 0.191 e. The Kier molecular flexibility index (Phi) is 13.9. The number of halogens is 1. The molecule has 33 heavy (non-hydrogen) atoms. The molecule has 0 bridgehead atoms. The Hall–Kier alpha value is -1.84. The lowest BCUT2D eigenvalue weighted by Crippen LogP contribution is -2.38. The molecule has 1 aliphatic heterocycles. The summed E-state index contributed by atoms with van der Waals surface area (Å²) < 4.78 is 17.0. The van der Waals surface area contributed by atoms with E-state index in [0.29, 0.717) is 12.5 Å². The first-order valence-electron chi connectivity index (χ1n) is 11.8. The molecule has 182 valence electrons. The number of hydrogen-bond acceptors (Lipinski definition) is 4. The van der Waals surface area contributed by atoms with E-state index in [4.69, 9.17) is 14.2 Å². The van der Waals surface area contributed by atoms with Crippen molar-refractivity contribution >= 4 is 29.9 Å². The minimum absolute atomic E-state index is 0. The van der Waals surface area contributed by atoms with E-state index in [2.05, 4.69) is 46.8 Å². The van der Waals surface area contributed by atoms with E-state index >= 15 is 0 Å². The molecule has 3 rings (SSSR count). The van der Waals surface area contributed by atoms with Gasteiger partial charge in [0.15, 0.2) is 5.96 Å². The third-order valence-corrected chi connectivity index (χ3v) is 5.32. The molecule has 1 saturated heterocycles. The smallest absolute Gasteiger partial charge is 0.191 e. The van der Waals surface area contributed by atoms with Crippen LogP contribution in [0.15, 0.2) is 59.6 Å². The Morgan fingerprint density at radius 3 is 2.61 bits per heavy atom. The fourth-order valence-electron chi connectivity index (χ4n) is 3.48. The van der Waals surface area contributed by atoms with Gasteiger partial charge in [0.25, 0.3) is 0 Å². The molecule has 1 aliphatic rings. The van der Waals surface area contributed by atoms with Crippen LogP contribution in [0.3, 0.4) is 0 Å². The van der Waals surface area contributed by atoms with Crippen molar-refractivity contribution in [3.05, 3.63) is 65.7 Å². The second-order valence-corrected chi connectivity index (χ2v) is 8.01. The zero-order valence-corrected chi connectivity index (χ0v) is 22.0. The van der Waals surface area contributed by atoms with E-state index in [9.17, 15) is 0 Å². The average molecular weight is 568 g/mol. The summed E-state index contributed by atoms with van der Waals surface area (Å²) >= 11 is 0. The van der Waals surface area contributed by atoms with Crippen molar-refractivity contribution in [1.29, 1.82) is 0 Å². The number of nitrogens with one attached hydrogen (secondary N) is 2. The van der Waals surface area contributed by atoms with Gasteiger partial charge in [0.1, 0.15) is 12.4 Å². The van der Waals surface area contributed by atoms with E-state index in [-0.39, 0.29) is 24.0 Å². The first-order valence-corrected chi connectivity index (χ1v) is 11.8. The van der Waals surface area contributed by atoms with Crippen LogP contribution in [-0.4, -0.2) is 52.0 Å². The molecule has 7 heteroatoms. The normalized spacial score (nSPS) is 15.7. The first-order chi connectivity index (χ1) is 15.8. The van der Waals surface area contributed by atoms with E-state index in [1.165, 1.54) is 11.1 Å². The summed E-state index contributed by atoms with van der Waals surface area (Å²) in [5.74, 6) is 2.32. The van der Waals surface area contributed by atoms with Gasteiger partial charge in [0, 0.05) is 38.8 Å². The summed E-state index contributed by atoms with van der Waals surface area (Å²) in [7, 11) is 0. The summed E-state index contributed by atoms with van der Waals surface area (Å²) in [6, 6.07) is 18.5. The van der Waals surface area contributed by atoms with Gasteiger partial charge in [-0.25, -0.2) is 0 Å². The van der Waals surface area contributed by atoms with Crippen molar-refractivity contribution in [2.45, 2.75) is 32.8 Å². The van der Waals surface area contributed by atoms with Crippen molar-refractivity contribution in [2.24, 2.45) is 10.9 Å². The zero-order chi connectivity index (χ0) is 22.3. The highest BCUT2D eigenvalue weighted by molar-refractivity contribution is 14.0. The maximum absolute atomic E-state index is 5.86. The monoisotopic (exact) mass is 567 g/mol. The molecule has 2 N–H and O–H groups in total. The van der Waals surface area contributed by atoms with Gasteiger partial charge < -0.3 is 24.8 Å². The molecule has 1 fully saturated rings. The Balaban J connectivity index is 0.00000385. The predicted octanol–water partition coefficient (Wildman–Crippen LogP) is 4.42. The Morgan fingerprint density at radius 2 is 1.88 bits per heavy atom. The van der Waals surface area contributed by atoms with Crippen LogP contribution in [0.2, 0.25) is 0 Å². The number of ether oxygens (including phenoxy) is 3. The van der Waals surface area contributed by atoms with Crippen molar-refractivity contribution in [3.63, 3.8) is 0 Å². The minimum atomic E-state index is 0. The summed E-state index contributed by atoms with van der Waals surface area (Å²) in [4.78, 5) is 4.65. The van der Waals surface area contributed by atoms with E-state index in [1.54, 1.807) is 0 Å². The van der Waals surface area contributed by atoms with Crippen LogP contribution >= 0.6 is 24.0 Å². The van der Waals surface area contributed by atoms with Gasteiger partial charge in [-0.3, -0.25) is 4.99 Å². The highest BCUT2D eigenvalue weighted by atomic mass is 127. The predicted molar refractivity (Wildman–Crippen MR) is 145 cm³/mol. The number of rotatable bonds is 13. The third-order valence-electron chi connectivity index (χ3n) is 5.32. The van der Waals surface area contributed by atoms with Gasteiger partial charge in [-0.2, -0.15) is 0 Å². The lowest BCUT2D eigenvalue weighted by molar-refractivity contribution is 0.0893. The standard InChI is InChI=1S/C26H37N3O3.HI/c1-2-27-26(28-15-6-17-30-19-24-14-18-31-20-24)29-16-13-22-9-11-25(12-10-22)32-21-23-7-4-3-5-8-23;/h3-5,7-12,24H,2,6,13-21H2,1H3,(H2,27,28,29);1H. The van der Waals surface area contributed by atoms with E-state index < -0.39 is 0 Å². The molecule has 1 unspecified atom stereocenters. The summed E-state index contributed by atoms with van der Waals surface area (Å²) in [6.07, 6.45) is 2.97. The van der Waals surface area contributed by atoms with Gasteiger partial charge in [-0.05, 0) is 49.4 Å². The first kappa shape index (κ1) is 27.4. The average Bonchev–Trinajstić information content (AvgIpc) is 3.35. The topological polar surface area (TPSA) is 64.1 Å². The van der Waals surface area contributed by atoms with E-state index in [1.807, 2.05) is 30.3 Å². The van der Waals surface area contributed by atoms with Gasteiger partial charge >= 0.3 is 0 Å². The summed E-state index contributed by atoms with van der Waals surface area (Å²) in [5.41, 5.74) is 2.44. The maximum atomic E-state index is 5.86. The van der Waals surface area contributed by atoms with Crippen molar-refractivity contribution in [1.82, 2.24) is 10.6 Å². The molecule has 6 nitrogen and oxygen atoms in total. The molecule has 0 amide bonds. The number of aliphatic imine (C=N–C) groups is 1. The number of nitrogens with zero attached hydrogens (tertiary/aromatic N) is 1. The fraction of sp³-hybridized carbons (Fsp3) is 0.500. The molecular weight excluding hydrogens is 529 g/mol. The molecule has 0 spiro atoms. The molecule has 2 aromatic rings. The Morgan fingerprint density at radius 1 is 1.06 bits per heavy atom. The largest absolute Gasteiger partial charge is 0.489 e. The zero-order valence-electron chi connectivity index (χ0n) is 19.6. The van der Waals surface area contributed by atoms with Crippen LogP contribution in [0.1, 0.15) is 30.9 Å². The fourth-order valence-corrected chi connectivity index (χ4v) is 3.48. The molecule has 2 aromatic carbocycles. The molecule has 0 aromatic heterocycles. The SMILES string of the molecule is CCNC(=NCCCOCC1CCOC1)NCCc1ccc(OCc2ccccc2)cc1.I. The van der Waals surface area contributed by atoms with E-state index in [0.717, 1.165) is 77.0 Å². The van der Waals surface area contributed by atoms with Crippen LogP contribution in [-0.2, 0) is 22.5 Å². The number of hydrogen-bond donors (Lipinski definition) is 2. The van der Waals surface area contributed by atoms with Crippen LogP contribution in [0.25, 0.3) is 0 Å². The van der Waals surface area contributed by atoms with Crippen LogP contribution < -0.4 is 15.4 Å². The van der Waals surface area contributed by atoms with Gasteiger partial charge in [-0.15, -0.1) is 24.0 Å². The van der Waals surface area contributed by atoms with Crippen molar-refractivity contribution in [2.75, 3.05) is 46.1 Å². The molecule has 1 heterocycles. The van der Waals surface area contributed by atoms with Crippen LogP contribution in [0.5, 0.6) is 5.75 Å². The molecule has 0 aliphatic carbocycles. The Labute approximate surface area is 215 Å². The second-order valence-electron chi connectivity index (χ2n) is 8.01. The Bertz CT molecular complexity index is 781. The lowest BCUT2D eigenvalue weighted by atomic mass is 10.1. The minimum Gasteiger partial charge on any atom is -0.489 e. The lowest BCUT2D eigenvalue weighted by Gasteiger charge is -2.12. The molecule has 0 saturated carbocycles. The van der Waals surface area contributed by atoms with Gasteiger partial charge in [0.2, 0.25) is 0 Å². The van der Waals surface area contributed by atoms with Crippen LogP contribution in [0, 0.1) is 5.92 Å². The molecule has 0 radical (unpaired) electrons. The highest BCUT2D eigenvalue weighted by Gasteiger charge is 2.15. The van der Waals surface area contributed by atoms with Gasteiger partial charge in [0.05, 0.1) is 13.2 Å². The quantitative estimate of drug-likeness (QED) is 0.162. The van der Waals surface area contributed by atoms with Crippen LogP contribution in [0.4, 0.5) is 0 Å². The number of benzene rings is 2. The molecular formula is C26H38IN3O3.